The summed E-state index contributed by atoms with van der Waals surface area (Å²) in [6.07, 6.45) is 2.19. The highest BCUT2D eigenvalue weighted by Crippen LogP contribution is 2.32. The Balaban J connectivity index is 2.03. The summed E-state index contributed by atoms with van der Waals surface area (Å²) in [4.78, 5) is 38.3. The van der Waals surface area contributed by atoms with Crippen molar-refractivity contribution in [1.82, 2.24) is 10.2 Å². The van der Waals surface area contributed by atoms with Gasteiger partial charge in [0, 0.05) is 36.7 Å². The lowest BCUT2D eigenvalue weighted by Crippen LogP contribution is -2.44. The van der Waals surface area contributed by atoms with Crippen molar-refractivity contribution in [3.63, 3.8) is 0 Å². The number of benzene rings is 1. The number of hydrogen-bond acceptors (Lipinski definition) is 5. The quantitative estimate of drug-likeness (QED) is 0.387. The summed E-state index contributed by atoms with van der Waals surface area (Å²) < 4.78 is 0. The van der Waals surface area contributed by atoms with E-state index in [9.17, 15) is 19.7 Å². The van der Waals surface area contributed by atoms with Gasteiger partial charge >= 0.3 is 0 Å². The zero-order valence-electron chi connectivity index (χ0n) is 17.6. The van der Waals surface area contributed by atoms with Crippen LogP contribution in [-0.2, 0) is 4.79 Å². The third-order valence-electron chi connectivity index (χ3n) is 4.94. The Bertz CT molecular complexity index is 743. The number of piperidine rings is 1. The molecule has 1 aliphatic heterocycles. The Morgan fingerprint density at radius 2 is 1.90 bits per heavy atom. The molecule has 7 nitrogen and oxygen atoms in total. The Labute approximate surface area is 176 Å². The van der Waals surface area contributed by atoms with Crippen molar-refractivity contribution in [1.29, 1.82) is 0 Å². The molecule has 0 spiro atoms. The molecule has 1 aromatic rings. The maximum atomic E-state index is 12.8. The molecule has 160 valence electrons. The van der Waals surface area contributed by atoms with Gasteiger partial charge in [0.15, 0.2) is 0 Å². The molecule has 2 amide bonds. The van der Waals surface area contributed by atoms with E-state index in [0.29, 0.717) is 42.3 Å². The normalized spacial score (nSPS) is 15.0. The second-order valence-corrected chi connectivity index (χ2v) is 9.34. The predicted octanol–water partition coefficient (Wildman–Crippen LogP) is 4.11. The zero-order valence-corrected chi connectivity index (χ0v) is 18.5. The van der Waals surface area contributed by atoms with E-state index >= 15 is 0 Å². The lowest BCUT2D eigenvalue weighted by molar-refractivity contribution is -0.387. The monoisotopic (exact) mass is 421 g/mol. The van der Waals surface area contributed by atoms with Crippen LogP contribution < -0.4 is 5.32 Å². The van der Waals surface area contributed by atoms with Gasteiger partial charge in [-0.3, -0.25) is 19.7 Å². The molecule has 1 fully saturated rings. The molecule has 0 radical (unpaired) electrons. The van der Waals surface area contributed by atoms with Crippen LogP contribution in [0.15, 0.2) is 23.1 Å². The number of amides is 2. The number of nitrogens with zero attached hydrogens (tertiary/aromatic N) is 2. The summed E-state index contributed by atoms with van der Waals surface area (Å²) in [7, 11) is 0. The number of carbonyl (C=O) groups is 2. The lowest BCUT2D eigenvalue weighted by Gasteiger charge is -2.31. The minimum atomic E-state index is -0.420. The molecule has 0 saturated carbocycles. The highest BCUT2D eigenvalue weighted by molar-refractivity contribution is 7.99. The van der Waals surface area contributed by atoms with E-state index in [1.807, 2.05) is 13.8 Å². The number of nitrogens with one attached hydrogen (secondary N) is 1. The van der Waals surface area contributed by atoms with Crippen molar-refractivity contribution in [2.24, 2.45) is 11.8 Å². The molecule has 2 rings (SSSR count). The molecule has 1 aromatic carbocycles. The van der Waals surface area contributed by atoms with Gasteiger partial charge in [-0.1, -0.05) is 13.8 Å². The molecule has 0 unspecified atom stereocenters. The van der Waals surface area contributed by atoms with Crippen molar-refractivity contribution in [3.05, 3.63) is 33.9 Å². The summed E-state index contributed by atoms with van der Waals surface area (Å²) in [5.74, 6) is 1.07. The van der Waals surface area contributed by atoms with Gasteiger partial charge in [0.1, 0.15) is 0 Å². The molecule has 1 saturated heterocycles. The summed E-state index contributed by atoms with van der Waals surface area (Å²) in [6.45, 7) is 9.04. The number of likely N-dealkylation sites (tertiary alicyclic amines) is 1. The van der Waals surface area contributed by atoms with E-state index in [1.165, 1.54) is 17.8 Å². The first kappa shape index (κ1) is 23.2. The Morgan fingerprint density at radius 1 is 1.24 bits per heavy atom. The first-order valence-electron chi connectivity index (χ1n) is 10.2. The van der Waals surface area contributed by atoms with Crippen LogP contribution in [-0.4, -0.2) is 46.5 Å². The Hall–Kier alpha value is -2.09. The van der Waals surface area contributed by atoms with Gasteiger partial charge in [0.2, 0.25) is 5.91 Å². The molecule has 0 bridgehead atoms. The molecule has 0 aliphatic carbocycles. The largest absolute Gasteiger partial charge is 0.354 e. The van der Waals surface area contributed by atoms with Gasteiger partial charge in [-0.25, -0.2) is 0 Å². The molecular weight excluding hydrogens is 390 g/mol. The van der Waals surface area contributed by atoms with Gasteiger partial charge in [0.05, 0.1) is 9.82 Å². The minimum absolute atomic E-state index is 0.0178. The fourth-order valence-corrected chi connectivity index (χ4v) is 4.50. The van der Waals surface area contributed by atoms with Crippen LogP contribution in [0, 0.1) is 22.0 Å². The lowest BCUT2D eigenvalue weighted by atomic mass is 9.95. The van der Waals surface area contributed by atoms with Gasteiger partial charge in [-0.15, -0.1) is 11.8 Å². The van der Waals surface area contributed by atoms with Crippen molar-refractivity contribution in [2.45, 2.75) is 57.9 Å². The second kappa shape index (κ2) is 10.6. The molecule has 8 heteroatoms. The second-order valence-electron chi connectivity index (χ2n) is 8.20. The first-order valence-corrected chi connectivity index (χ1v) is 11.2. The van der Waals surface area contributed by atoms with Crippen LogP contribution in [0.4, 0.5) is 5.69 Å². The topological polar surface area (TPSA) is 92.6 Å². The number of carbonyl (C=O) groups excluding carboxylic acids is 2. The highest BCUT2D eigenvalue weighted by Gasteiger charge is 2.29. The van der Waals surface area contributed by atoms with Crippen LogP contribution in [0.2, 0.25) is 0 Å². The SMILES string of the molecule is CC(C)CCSc1ccc(C(=O)N2CCC(C(=O)NC(C)C)CC2)cc1[N+](=O)[O-]. The van der Waals surface area contributed by atoms with Crippen molar-refractivity contribution in [2.75, 3.05) is 18.8 Å². The fourth-order valence-electron chi connectivity index (χ4n) is 3.25. The first-order chi connectivity index (χ1) is 13.7. The van der Waals surface area contributed by atoms with Crippen LogP contribution in [0.3, 0.4) is 0 Å². The molecular formula is C21H31N3O4S. The summed E-state index contributed by atoms with van der Waals surface area (Å²) in [5, 5.41) is 14.4. The molecule has 0 atom stereocenters. The van der Waals surface area contributed by atoms with E-state index in [4.69, 9.17) is 0 Å². The van der Waals surface area contributed by atoms with E-state index < -0.39 is 4.92 Å². The van der Waals surface area contributed by atoms with E-state index in [1.54, 1.807) is 17.0 Å². The van der Waals surface area contributed by atoms with Gasteiger partial charge in [-0.2, -0.15) is 0 Å². The average Bonchev–Trinajstić information content (AvgIpc) is 2.66. The smallest absolute Gasteiger partial charge is 0.283 e. The summed E-state index contributed by atoms with van der Waals surface area (Å²) in [6, 6.07) is 4.83. The zero-order chi connectivity index (χ0) is 21.6. The number of thioether (sulfide) groups is 1. The standard InChI is InChI=1S/C21H31N3O4S/c1-14(2)9-12-29-19-6-5-17(13-18(19)24(27)28)21(26)23-10-7-16(8-11-23)20(25)22-15(3)4/h5-6,13-16H,7-12H2,1-4H3,(H,22,25). The van der Waals surface area contributed by atoms with E-state index in [2.05, 4.69) is 19.2 Å². The number of nitro benzene ring substituents is 1. The van der Waals surface area contributed by atoms with Gasteiger partial charge in [0.25, 0.3) is 11.6 Å². The molecule has 1 heterocycles. The van der Waals surface area contributed by atoms with Crippen LogP contribution in [0.1, 0.15) is 57.3 Å². The van der Waals surface area contributed by atoms with Crippen molar-refractivity contribution >= 4 is 29.3 Å². The predicted molar refractivity (Wildman–Crippen MR) is 115 cm³/mol. The molecule has 1 aliphatic rings. The average molecular weight is 422 g/mol. The fraction of sp³-hybridized carbons (Fsp3) is 0.619. The van der Waals surface area contributed by atoms with Crippen LogP contribution in [0.25, 0.3) is 0 Å². The summed E-state index contributed by atoms with van der Waals surface area (Å²) in [5.41, 5.74) is 0.311. The van der Waals surface area contributed by atoms with Crippen molar-refractivity contribution in [3.8, 4) is 0 Å². The van der Waals surface area contributed by atoms with E-state index in [-0.39, 0.29) is 29.5 Å². The van der Waals surface area contributed by atoms with Gasteiger partial charge in [-0.05, 0) is 56.9 Å². The van der Waals surface area contributed by atoms with E-state index in [0.717, 1.165) is 12.2 Å². The molecule has 1 N–H and O–H groups in total. The number of hydrogen-bond donors (Lipinski definition) is 1. The molecule has 0 aromatic heterocycles. The number of rotatable bonds is 8. The van der Waals surface area contributed by atoms with Crippen LogP contribution >= 0.6 is 11.8 Å². The Morgan fingerprint density at radius 3 is 2.45 bits per heavy atom. The maximum absolute atomic E-state index is 12.8. The third-order valence-corrected chi connectivity index (χ3v) is 6.04. The maximum Gasteiger partial charge on any atom is 0.283 e. The van der Waals surface area contributed by atoms with Gasteiger partial charge < -0.3 is 10.2 Å². The summed E-state index contributed by atoms with van der Waals surface area (Å²) >= 11 is 1.46. The van der Waals surface area contributed by atoms with Crippen molar-refractivity contribution < 1.29 is 14.5 Å². The molecule has 29 heavy (non-hydrogen) atoms. The highest BCUT2D eigenvalue weighted by atomic mass is 32.2. The minimum Gasteiger partial charge on any atom is -0.354 e. The van der Waals surface area contributed by atoms with Crippen LogP contribution in [0.5, 0.6) is 0 Å². The third kappa shape index (κ3) is 6.73. The number of nitro groups is 1. The Kier molecular flexibility index (Phi) is 8.49.